The third kappa shape index (κ3) is 5.16. The summed E-state index contributed by atoms with van der Waals surface area (Å²) >= 11 is 0. The number of carbonyl (C=O) groups excluding carboxylic acids is 2. The molecule has 138 valence electrons. The molecule has 0 atom stereocenters. The Bertz CT molecular complexity index is 740. The summed E-state index contributed by atoms with van der Waals surface area (Å²) in [5, 5.41) is 5.06. The smallest absolute Gasteiger partial charge is 0.313 e. The lowest BCUT2D eigenvalue weighted by Crippen LogP contribution is -2.41. The van der Waals surface area contributed by atoms with Crippen LogP contribution >= 0.6 is 0 Å². The highest BCUT2D eigenvalue weighted by Gasteiger charge is 2.22. The van der Waals surface area contributed by atoms with E-state index in [0.29, 0.717) is 12.5 Å². The zero-order valence-corrected chi connectivity index (χ0v) is 14.4. The molecular weight excluding hydrogens is 337 g/mol. The predicted octanol–water partition coefficient (Wildman–Crippen LogP) is 2.39. The molecular formula is C19H22FN3O3. The molecule has 26 heavy (non-hydrogen) atoms. The number of piperidine rings is 1. The Morgan fingerprint density at radius 3 is 2.65 bits per heavy atom. The monoisotopic (exact) mass is 359 g/mol. The van der Waals surface area contributed by atoms with Gasteiger partial charge in [0.05, 0.1) is 12.8 Å². The first-order chi connectivity index (χ1) is 12.6. The van der Waals surface area contributed by atoms with Crippen LogP contribution in [0.5, 0.6) is 0 Å². The average Bonchev–Trinajstić information content (AvgIpc) is 3.14. The molecule has 0 radical (unpaired) electrons. The van der Waals surface area contributed by atoms with Crippen molar-refractivity contribution in [2.45, 2.75) is 19.4 Å². The largest absolute Gasteiger partial charge is 0.468 e. The summed E-state index contributed by atoms with van der Waals surface area (Å²) in [7, 11) is 0. The minimum Gasteiger partial charge on any atom is -0.468 e. The molecule has 7 heteroatoms. The standard InChI is InChI=1S/C19H22FN3O3/c20-15-3-1-4-16(11-15)22-19(25)18(24)21-12-14-6-8-23(9-7-14)13-17-5-2-10-26-17/h1-5,10-11,14H,6-9,12-13H2,(H,21,24)(H,22,25). The van der Waals surface area contributed by atoms with Gasteiger partial charge in [-0.05, 0) is 62.2 Å². The van der Waals surface area contributed by atoms with Gasteiger partial charge in [0.2, 0.25) is 0 Å². The number of amides is 2. The maximum absolute atomic E-state index is 13.1. The second-order valence-electron chi connectivity index (χ2n) is 6.47. The van der Waals surface area contributed by atoms with E-state index in [1.54, 1.807) is 6.26 Å². The summed E-state index contributed by atoms with van der Waals surface area (Å²) < 4.78 is 18.5. The van der Waals surface area contributed by atoms with Crippen molar-refractivity contribution in [3.63, 3.8) is 0 Å². The number of hydrogen-bond donors (Lipinski definition) is 2. The van der Waals surface area contributed by atoms with E-state index in [9.17, 15) is 14.0 Å². The molecule has 0 aliphatic carbocycles. The van der Waals surface area contributed by atoms with Crippen LogP contribution in [0.15, 0.2) is 47.1 Å². The third-order valence-corrected chi connectivity index (χ3v) is 4.51. The van der Waals surface area contributed by atoms with Crippen LogP contribution < -0.4 is 10.6 Å². The van der Waals surface area contributed by atoms with E-state index in [2.05, 4.69) is 15.5 Å². The highest BCUT2D eigenvalue weighted by Crippen LogP contribution is 2.18. The van der Waals surface area contributed by atoms with Crippen LogP contribution in [0, 0.1) is 11.7 Å². The van der Waals surface area contributed by atoms with Crippen LogP contribution in [0.3, 0.4) is 0 Å². The van der Waals surface area contributed by atoms with Crippen LogP contribution in [-0.4, -0.2) is 36.3 Å². The minimum absolute atomic E-state index is 0.261. The molecule has 1 saturated heterocycles. The number of furan rings is 1. The summed E-state index contributed by atoms with van der Waals surface area (Å²) in [5.41, 5.74) is 0.261. The zero-order chi connectivity index (χ0) is 18.4. The fraction of sp³-hybridized carbons (Fsp3) is 0.368. The number of carbonyl (C=O) groups is 2. The number of halogens is 1. The van der Waals surface area contributed by atoms with Gasteiger partial charge in [0.15, 0.2) is 0 Å². The number of rotatable bonds is 5. The van der Waals surface area contributed by atoms with Crippen LogP contribution in [0.2, 0.25) is 0 Å². The Morgan fingerprint density at radius 2 is 1.96 bits per heavy atom. The molecule has 3 rings (SSSR count). The Kier molecular flexibility index (Phi) is 6.01. The maximum Gasteiger partial charge on any atom is 0.313 e. The number of nitrogens with zero attached hydrogens (tertiary/aromatic N) is 1. The number of likely N-dealkylation sites (tertiary alicyclic amines) is 1. The van der Waals surface area contributed by atoms with E-state index in [0.717, 1.165) is 38.2 Å². The molecule has 1 aromatic heterocycles. The SMILES string of the molecule is O=C(NCC1CCN(Cc2ccco2)CC1)C(=O)Nc1cccc(F)c1. The molecule has 2 aromatic rings. The predicted molar refractivity (Wildman–Crippen MR) is 94.7 cm³/mol. The summed E-state index contributed by atoms with van der Waals surface area (Å²) in [5.74, 6) is -0.665. The lowest BCUT2D eigenvalue weighted by molar-refractivity contribution is -0.136. The van der Waals surface area contributed by atoms with Gasteiger partial charge in [-0.15, -0.1) is 0 Å². The fourth-order valence-corrected chi connectivity index (χ4v) is 3.04. The number of nitrogens with one attached hydrogen (secondary N) is 2. The third-order valence-electron chi connectivity index (χ3n) is 4.51. The van der Waals surface area contributed by atoms with Crippen LogP contribution in [0.25, 0.3) is 0 Å². The van der Waals surface area contributed by atoms with Gasteiger partial charge in [-0.3, -0.25) is 14.5 Å². The molecule has 6 nitrogen and oxygen atoms in total. The van der Waals surface area contributed by atoms with E-state index in [1.807, 2.05) is 12.1 Å². The zero-order valence-electron chi connectivity index (χ0n) is 14.4. The van der Waals surface area contributed by atoms with Crippen LogP contribution in [0.4, 0.5) is 10.1 Å². The second kappa shape index (κ2) is 8.62. The van der Waals surface area contributed by atoms with Gasteiger partial charge in [0, 0.05) is 12.2 Å². The fourth-order valence-electron chi connectivity index (χ4n) is 3.04. The topological polar surface area (TPSA) is 74.6 Å². The van der Waals surface area contributed by atoms with Gasteiger partial charge in [-0.25, -0.2) is 4.39 Å². The average molecular weight is 359 g/mol. The van der Waals surface area contributed by atoms with E-state index in [-0.39, 0.29) is 5.69 Å². The molecule has 0 unspecified atom stereocenters. The molecule has 1 fully saturated rings. The summed E-state index contributed by atoms with van der Waals surface area (Å²) in [4.78, 5) is 26.1. The first-order valence-electron chi connectivity index (χ1n) is 8.69. The maximum atomic E-state index is 13.1. The van der Waals surface area contributed by atoms with E-state index in [4.69, 9.17) is 4.42 Å². The van der Waals surface area contributed by atoms with Crippen molar-refractivity contribution >= 4 is 17.5 Å². The van der Waals surface area contributed by atoms with E-state index in [1.165, 1.54) is 24.3 Å². The highest BCUT2D eigenvalue weighted by atomic mass is 19.1. The summed E-state index contributed by atoms with van der Waals surface area (Å²) in [6.45, 7) is 3.11. The van der Waals surface area contributed by atoms with Gasteiger partial charge >= 0.3 is 11.8 Å². The number of benzene rings is 1. The number of hydrogen-bond acceptors (Lipinski definition) is 4. The Labute approximate surface area is 151 Å². The molecule has 2 heterocycles. The molecule has 0 saturated carbocycles. The van der Waals surface area contributed by atoms with Crippen molar-refractivity contribution in [2.75, 3.05) is 25.0 Å². The van der Waals surface area contributed by atoms with Crippen LogP contribution in [-0.2, 0) is 16.1 Å². The first kappa shape index (κ1) is 18.1. The van der Waals surface area contributed by atoms with Crippen molar-refractivity contribution in [3.8, 4) is 0 Å². The summed E-state index contributed by atoms with van der Waals surface area (Å²) in [6, 6.07) is 9.28. The molecule has 0 bridgehead atoms. The van der Waals surface area contributed by atoms with Crippen molar-refractivity contribution < 1.29 is 18.4 Å². The highest BCUT2D eigenvalue weighted by molar-refractivity contribution is 6.39. The first-order valence-corrected chi connectivity index (χ1v) is 8.69. The Morgan fingerprint density at radius 1 is 1.15 bits per heavy atom. The lowest BCUT2D eigenvalue weighted by atomic mass is 9.96. The second-order valence-corrected chi connectivity index (χ2v) is 6.47. The van der Waals surface area contributed by atoms with Gasteiger partial charge in [-0.1, -0.05) is 6.07 Å². The van der Waals surface area contributed by atoms with Crippen LogP contribution in [0.1, 0.15) is 18.6 Å². The molecule has 1 aliphatic heterocycles. The minimum atomic E-state index is -0.786. The van der Waals surface area contributed by atoms with Crippen molar-refractivity contribution in [2.24, 2.45) is 5.92 Å². The Balaban J connectivity index is 1.37. The molecule has 2 amide bonds. The van der Waals surface area contributed by atoms with Crippen molar-refractivity contribution in [1.82, 2.24) is 10.2 Å². The quantitative estimate of drug-likeness (QED) is 0.804. The molecule has 2 N–H and O–H groups in total. The normalized spacial score (nSPS) is 15.6. The molecule has 0 spiro atoms. The van der Waals surface area contributed by atoms with Crippen molar-refractivity contribution in [1.29, 1.82) is 0 Å². The Hall–Kier alpha value is -2.67. The molecule has 1 aromatic carbocycles. The van der Waals surface area contributed by atoms with Gasteiger partial charge in [0.1, 0.15) is 11.6 Å². The lowest BCUT2D eigenvalue weighted by Gasteiger charge is -2.31. The molecule has 1 aliphatic rings. The van der Waals surface area contributed by atoms with Crippen molar-refractivity contribution in [3.05, 3.63) is 54.2 Å². The van der Waals surface area contributed by atoms with Gasteiger partial charge < -0.3 is 15.1 Å². The van der Waals surface area contributed by atoms with E-state index < -0.39 is 17.6 Å². The van der Waals surface area contributed by atoms with Gasteiger partial charge in [-0.2, -0.15) is 0 Å². The van der Waals surface area contributed by atoms with Gasteiger partial charge in [0.25, 0.3) is 0 Å². The van der Waals surface area contributed by atoms with E-state index >= 15 is 0 Å². The number of anilines is 1. The summed E-state index contributed by atoms with van der Waals surface area (Å²) in [6.07, 6.45) is 3.57.